The van der Waals surface area contributed by atoms with Gasteiger partial charge in [-0.3, -0.25) is 4.79 Å². The molecule has 0 fully saturated rings. The fourth-order valence-electron chi connectivity index (χ4n) is 1.73. The molecule has 0 aliphatic heterocycles. The predicted octanol–water partition coefficient (Wildman–Crippen LogP) is 2.19. The van der Waals surface area contributed by atoms with E-state index >= 15 is 0 Å². The van der Waals surface area contributed by atoms with Gasteiger partial charge in [0.1, 0.15) is 0 Å². The van der Waals surface area contributed by atoms with Crippen molar-refractivity contribution in [2.24, 2.45) is 11.7 Å². The Morgan fingerprint density at radius 3 is 2.52 bits per heavy atom. The number of hydrogen-bond donors (Lipinski definition) is 2. The van der Waals surface area contributed by atoms with E-state index < -0.39 is 0 Å². The van der Waals surface area contributed by atoms with Crippen LogP contribution in [0.5, 0.6) is 0 Å². The highest BCUT2D eigenvalue weighted by Gasteiger charge is 2.09. The van der Waals surface area contributed by atoms with Gasteiger partial charge in [0.2, 0.25) is 5.91 Å². The lowest BCUT2D eigenvalue weighted by Gasteiger charge is -2.15. The third-order valence-electron chi connectivity index (χ3n) is 3.25. The summed E-state index contributed by atoms with van der Waals surface area (Å²) in [6.07, 6.45) is 0. The zero-order valence-electron chi connectivity index (χ0n) is 13.0. The molecule has 0 aromatic heterocycles. The van der Waals surface area contributed by atoms with Crippen LogP contribution in [0.1, 0.15) is 25.0 Å². The maximum atomic E-state index is 11.7. The van der Waals surface area contributed by atoms with Crippen LogP contribution in [-0.2, 0) is 17.9 Å². The quantitative estimate of drug-likeness (QED) is 0.802. The molecule has 1 aromatic rings. The van der Waals surface area contributed by atoms with Crippen molar-refractivity contribution in [3.05, 3.63) is 35.4 Å². The van der Waals surface area contributed by atoms with Crippen LogP contribution in [0.2, 0.25) is 0 Å². The molecule has 1 aromatic carbocycles. The number of carbonyl (C=O) groups is 1. The first-order chi connectivity index (χ1) is 9.06. The van der Waals surface area contributed by atoms with E-state index in [1.54, 1.807) is 0 Å². The van der Waals surface area contributed by atoms with Crippen molar-refractivity contribution in [3.8, 4) is 0 Å². The normalized spacial score (nSPS) is 11.3. The van der Waals surface area contributed by atoms with Crippen molar-refractivity contribution in [1.82, 2.24) is 10.2 Å². The monoisotopic (exact) mass is 335 g/mol. The molecule has 0 saturated carbocycles. The van der Waals surface area contributed by atoms with Crippen LogP contribution < -0.4 is 11.1 Å². The minimum Gasteiger partial charge on any atom is -0.352 e. The minimum absolute atomic E-state index is 0. The van der Waals surface area contributed by atoms with Crippen molar-refractivity contribution in [2.75, 3.05) is 20.1 Å². The maximum Gasteiger partial charge on any atom is 0.224 e. The fourth-order valence-corrected chi connectivity index (χ4v) is 1.73. The van der Waals surface area contributed by atoms with Crippen molar-refractivity contribution in [1.29, 1.82) is 0 Å². The summed E-state index contributed by atoms with van der Waals surface area (Å²) in [5.41, 5.74) is 7.86. The van der Waals surface area contributed by atoms with E-state index in [1.165, 1.54) is 5.56 Å². The Morgan fingerprint density at radius 2 is 1.95 bits per heavy atom. The third-order valence-corrected chi connectivity index (χ3v) is 3.25. The molecule has 0 heterocycles. The molecule has 3 N–H and O–H groups in total. The first-order valence-electron chi connectivity index (χ1n) is 6.81. The van der Waals surface area contributed by atoms with E-state index in [1.807, 2.05) is 19.1 Å². The summed E-state index contributed by atoms with van der Waals surface area (Å²) < 4.78 is 0. The van der Waals surface area contributed by atoms with Gasteiger partial charge in [0, 0.05) is 25.6 Å². The third kappa shape index (κ3) is 8.27. The summed E-state index contributed by atoms with van der Waals surface area (Å²) in [4.78, 5) is 13.9. The van der Waals surface area contributed by atoms with Crippen LogP contribution in [0.3, 0.4) is 0 Å². The molecule has 122 valence electrons. The SMILES string of the molecule is CCN(C)Cc1cccc(CNC(=O)C(C)CN)c1.Cl.Cl. The molecule has 1 unspecified atom stereocenters. The summed E-state index contributed by atoms with van der Waals surface area (Å²) in [5.74, 6) is -0.118. The topological polar surface area (TPSA) is 58.4 Å². The van der Waals surface area contributed by atoms with Gasteiger partial charge in [-0.1, -0.05) is 38.1 Å². The number of amides is 1. The zero-order chi connectivity index (χ0) is 14.3. The molecular weight excluding hydrogens is 309 g/mol. The van der Waals surface area contributed by atoms with Crippen molar-refractivity contribution < 1.29 is 4.79 Å². The number of nitrogens with one attached hydrogen (secondary N) is 1. The van der Waals surface area contributed by atoms with Crippen molar-refractivity contribution >= 4 is 30.7 Å². The summed E-state index contributed by atoms with van der Waals surface area (Å²) in [6, 6.07) is 8.31. The lowest BCUT2D eigenvalue weighted by atomic mass is 10.1. The molecule has 0 radical (unpaired) electrons. The average Bonchev–Trinajstić information content (AvgIpc) is 2.44. The average molecular weight is 336 g/mol. The van der Waals surface area contributed by atoms with E-state index in [0.717, 1.165) is 18.7 Å². The summed E-state index contributed by atoms with van der Waals surface area (Å²) in [7, 11) is 2.09. The summed E-state index contributed by atoms with van der Waals surface area (Å²) in [6.45, 7) is 6.87. The number of carbonyl (C=O) groups excluding carboxylic acids is 1. The van der Waals surface area contributed by atoms with E-state index in [2.05, 4.69) is 36.3 Å². The molecule has 0 bridgehead atoms. The molecular formula is C15H27Cl2N3O. The molecule has 0 spiro atoms. The minimum atomic E-state index is -0.130. The molecule has 6 heteroatoms. The fraction of sp³-hybridized carbons (Fsp3) is 0.533. The lowest BCUT2D eigenvalue weighted by Crippen LogP contribution is -2.32. The second kappa shape index (κ2) is 11.8. The Balaban J connectivity index is 0. The molecule has 0 aliphatic carbocycles. The van der Waals surface area contributed by atoms with E-state index in [0.29, 0.717) is 13.1 Å². The van der Waals surface area contributed by atoms with Gasteiger partial charge in [-0.2, -0.15) is 0 Å². The van der Waals surface area contributed by atoms with Gasteiger partial charge in [0.25, 0.3) is 0 Å². The van der Waals surface area contributed by atoms with Gasteiger partial charge in [-0.25, -0.2) is 0 Å². The Hall–Kier alpha value is -0.810. The second-order valence-corrected chi connectivity index (χ2v) is 5.00. The van der Waals surface area contributed by atoms with Crippen molar-refractivity contribution in [3.63, 3.8) is 0 Å². The summed E-state index contributed by atoms with van der Waals surface area (Å²) in [5, 5.41) is 2.91. The second-order valence-electron chi connectivity index (χ2n) is 5.00. The molecule has 0 saturated heterocycles. The lowest BCUT2D eigenvalue weighted by molar-refractivity contribution is -0.124. The highest BCUT2D eigenvalue weighted by atomic mass is 35.5. The van der Waals surface area contributed by atoms with Crippen LogP contribution in [0, 0.1) is 5.92 Å². The number of rotatable bonds is 7. The Morgan fingerprint density at radius 1 is 1.33 bits per heavy atom. The van der Waals surface area contributed by atoms with Crippen LogP contribution >= 0.6 is 24.8 Å². The van der Waals surface area contributed by atoms with Crippen LogP contribution in [0.15, 0.2) is 24.3 Å². The van der Waals surface area contributed by atoms with Gasteiger partial charge in [0.15, 0.2) is 0 Å². The predicted molar refractivity (Wildman–Crippen MR) is 93.0 cm³/mol. The molecule has 0 aliphatic rings. The molecule has 1 atom stereocenters. The van der Waals surface area contributed by atoms with Crippen LogP contribution in [-0.4, -0.2) is 30.9 Å². The number of nitrogens with two attached hydrogens (primary N) is 1. The molecule has 4 nitrogen and oxygen atoms in total. The summed E-state index contributed by atoms with van der Waals surface area (Å²) >= 11 is 0. The van der Waals surface area contributed by atoms with Gasteiger partial charge in [-0.15, -0.1) is 24.8 Å². The van der Waals surface area contributed by atoms with Gasteiger partial charge < -0.3 is 16.0 Å². The highest BCUT2D eigenvalue weighted by Crippen LogP contribution is 2.07. The number of halogens is 2. The first kappa shape index (κ1) is 22.5. The Kier molecular flexibility index (Phi) is 12.6. The maximum absolute atomic E-state index is 11.7. The number of hydrogen-bond acceptors (Lipinski definition) is 3. The van der Waals surface area contributed by atoms with Crippen LogP contribution in [0.25, 0.3) is 0 Å². The molecule has 1 rings (SSSR count). The van der Waals surface area contributed by atoms with E-state index in [4.69, 9.17) is 5.73 Å². The Bertz CT molecular complexity index is 416. The Labute approximate surface area is 140 Å². The first-order valence-corrected chi connectivity index (χ1v) is 6.81. The van der Waals surface area contributed by atoms with Crippen molar-refractivity contribution in [2.45, 2.75) is 26.9 Å². The zero-order valence-corrected chi connectivity index (χ0v) is 14.6. The number of nitrogens with zero attached hydrogens (tertiary/aromatic N) is 1. The smallest absolute Gasteiger partial charge is 0.224 e. The van der Waals surface area contributed by atoms with Crippen LogP contribution in [0.4, 0.5) is 0 Å². The largest absolute Gasteiger partial charge is 0.352 e. The highest BCUT2D eigenvalue weighted by molar-refractivity contribution is 5.85. The number of benzene rings is 1. The van der Waals surface area contributed by atoms with Gasteiger partial charge >= 0.3 is 0 Å². The molecule has 21 heavy (non-hydrogen) atoms. The van der Waals surface area contributed by atoms with Gasteiger partial charge in [-0.05, 0) is 24.7 Å². The molecule has 1 amide bonds. The standard InChI is InChI=1S/C15H25N3O.2ClH/c1-4-18(3)11-14-7-5-6-13(8-14)10-17-15(19)12(2)9-16;;/h5-8,12H,4,9-11,16H2,1-3H3,(H,17,19);2*1H. The van der Waals surface area contributed by atoms with E-state index in [9.17, 15) is 4.79 Å². The van der Waals surface area contributed by atoms with E-state index in [-0.39, 0.29) is 36.6 Å². The van der Waals surface area contributed by atoms with Gasteiger partial charge in [0.05, 0.1) is 0 Å².